The average molecular weight is 668 g/mol. The Morgan fingerprint density at radius 2 is 1.84 bits per heavy atom. The van der Waals surface area contributed by atoms with Crippen molar-refractivity contribution in [1.29, 1.82) is 0 Å². The van der Waals surface area contributed by atoms with Gasteiger partial charge in [0.05, 0.1) is 11.1 Å². The summed E-state index contributed by atoms with van der Waals surface area (Å²) in [4.78, 5) is 29.0. The summed E-state index contributed by atoms with van der Waals surface area (Å²) in [5.41, 5.74) is -0.163. The largest absolute Gasteiger partial charge is 0.508 e. The van der Waals surface area contributed by atoms with Crippen LogP contribution < -0.4 is 9.64 Å². The molecule has 4 atom stereocenters. The molecule has 9 rings (SSSR count). The van der Waals surface area contributed by atoms with Crippen molar-refractivity contribution in [2.24, 2.45) is 5.92 Å². The number of ether oxygens (including phenoxy) is 1. The van der Waals surface area contributed by atoms with Crippen LogP contribution in [0.25, 0.3) is 32.8 Å². The van der Waals surface area contributed by atoms with Crippen LogP contribution in [0.1, 0.15) is 50.5 Å². The fourth-order valence-corrected chi connectivity index (χ4v) is 9.04. The first-order chi connectivity index (χ1) is 23.7. The summed E-state index contributed by atoms with van der Waals surface area (Å²) in [5, 5.41) is 11.8. The maximum atomic E-state index is 17.0. The van der Waals surface area contributed by atoms with Gasteiger partial charge in [-0.1, -0.05) is 18.1 Å². The van der Waals surface area contributed by atoms with Gasteiger partial charge in [-0.25, -0.2) is 13.2 Å². The molecule has 1 aliphatic carbocycles. The van der Waals surface area contributed by atoms with E-state index < -0.39 is 23.3 Å². The van der Waals surface area contributed by atoms with E-state index >= 15 is 4.39 Å². The SMILES string of the molecule is C#Cc1c(F)ccc2cc(O)cc(-c3ccc4c(N5CC6CCC(C5)N6C(=O)C5CC5)nc(OC[C@@]56CCCN5C[C@H](F)C6)nc4c3F)c12. The number of nitrogens with zero attached hydrogens (tertiary/aromatic N) is 5. The monoisotopic (exact) mass is 667 g/mol. The van der Waals surface area contributed by atoms with E-state index in [2.05, 4.69) is 25.6 Å². The molecule has 1 N–H and O–H groups in total. The number of terminal acetylenes is 1. The lowest BCUT2D eigenvalue weighted by atomic mass is 9.93. The zero-order chi connectivity index (χ0) is 33.6. The predicted molar refractivity (Wildman–Crippen MR) is 179 cm³/mol. The Kier molecular flexibility index (Phi) is 6.99. The molecule has 1 aromatic heterocycles. The number of carbonyl (C=O) groups is 1. The number of phenolic OH excluding ortho intramolecular Hbond substituents is 1. The number of anilines is 1. The Morgan fingerprint density at radius 1 is 1.04 bits per heavy atom. The van der Waals surface area contributed by atoms with Crippen LogP contribution in [0.4, 0.5) is 19.0 Å². The Morgan fingerprint density at radius 3 is 2.59 bits per heavy atom. The van der Waals surface area contributed by atoms with Crippen LogP contribution in [0.2, 0.25) is 0 Å². The summed E-state index contributed by atoms with van der Waals surface area (Å²) in [6.45, 7) is 2.45. The molecular weight excluding hydrogens is 631 g/mol. The molecule has 252 valence electrons. The van der Waals surface area contributed by atoms with Crippen LogP contribution in [0.15, 0.2) is 36.4 Å². The molecule has 1 saturated carbocycles. The number of carbonyl (C=O) groups excluding carboxylic acids is 1. The lowest BCUT2D eigenvalue weighted by Crippen LogP contribution is -2.56. The molecule has 8 nitrogen and oxygen atoms in total. The van der Waals surface area contributed by atoms with E-state index in [0.29, 0.717) is 48.0 Å². The number of alkyl halides is 1. The standard InChI is InChI=1S/C38H36F3N5O3/c1-2-27-31(40)11-6-22-14-26(47)15-30(32(22)27)28-9-10-29-34(33(28)41)42-37(49-20-38-12-3-13-45(38)17-23(39)16-38)43-35(29)44-18-24-7-8-25(19-44)46(24)36(48)21-4-5-21/h1,6,9-11,14-15,21,23-25,47H,3-5,7-8,12-13,16-20H2/t23-,24?,25?,38+/m1/s1. The molecule has 0 spiro atoms. The molecule has 4 aromatic rings. The molecule has 4 aliphatic heterocycles. The number of amides is 1. The maximum Gasteiger partial charge on any atom is 0.319 e. The number of aromatic hydroxyl groups is 1. The Hall–Kier alpha value is -4.56. The zero-order valence-corrected chi connectivity index (χ0v) is 27.0. The third-order valence-electron chi connectivity index (χ3n) is 11.4. The second-order valence-electron chi connectivity index (χ2n) is 14.5. The predicted octanol–water partition coefficient (Wildman–Crippen LogP) is 5.96. The zero-order valence-electron chi connectivity index (χ0n) is 27.0. The Bertz CT molecular complexity index is 2070. The van der Waals surface area contributed by atoms with Gasteiger partial charge in [-0.05, 0) is 80.3 Å². The number of hydrogen-bond donors (Lipinski definition) is 1. The van der Waals surface area contributed by atoms with Crippen molar-refractivity contribution in [2.45, 2.75) is 68.7 Å². The van der Waals surface area contributed by atoms with Gasteiger partial charge in [0.1, 0.15) is 35.7 Å². The Labute approximate surface area is 281 Å². The van der Waals surface area contributed by atoms with Crippen molar-refractivity contribution in [3.8, 4) is 35.2 Å². The molecule has 4 saturated heterocycles. The van der Waals surface area contributed by atoms with Crippen molar-refractivity contribution >= 4 is 33.4 Å². The Balaban J connectivity index is 1.16. The molecule has 2 unspecified atom stereocenters. The summed E-state index contributed by atoms with van der Waals surface area (Å²) in [7, 11) is 0. The van der Waals surface area contributed by atoms with Crippen LogP contribution in [0, 0.1) is 29.9 Å². The summed E-state index contributed by atoms with van der Waals surface area (Å²) in [5.74, 6) is 1.83. The van der Waals surface area contributed by atoms with Gasteiger partial charge in [0.15, 0.2) is 5.82 Å². The minimum Gasteiger partial charge on any atom is -0.508 e. The van der Waals surface area contributed by atoms with Crippen molar-refractivity contribution < 1.29 is 27.8 Å². The lowest BCUT2D eigenvalue weighted by Gasteiger charge is -2.42. The summed E-state index contributed by atoms with van der Waals surface area (Å²) < 4.78 is 52.8. The number of hydrogen-bond acceptors (Lipinski definition) is 7. The normalized spacial score (nSPS) is 26.4. The third kappa shape index (κ3) is 4.90. The van der Waals surface area contributed by atoms with Gasteiger partial charge in [0.2, 0.25) is 5.91 Å². The van der Waals surface area contributed by atoms with Crippen molar-refractivity contribution in [1.82, 2.24) is 19.8 Å². The molecule has 5 aliphatic rings. The first-order valence-electron chi connectivity index (χ1n) is 17.2. The number of benzene rings is 3. The van der Waals surface area contributed by atoms with Crippen molar-refractivity contribution in [3.05, 3.63) is 53.6 Å². The molecule has 5 fully saturated rings. The summed E-state index contributed by atoms with van der Waals surface area (Å²) in [6, 6.07) is 8.95. The van der Waals surface area contributed by atoms with Gasteiger partial charge in [-0.15, -0.1) is 6.42 Å². The summed E-state index contributed by atoms with van der Waals surface area (Å²) in [6.07, 6.45) is 10.6. The number of phenols is 1. The van der Waals surface area contributed by atoms with E-state index in [1.54, 1.807) is 12.1 Å². The van der Waals surface area contributed by atoms with Gasteiger partial charge in [-0.3, -0.25) is 9.69 Å². The number of halogens is 3. The van der Waals surface area contributed by atoms with Crippen LogP contribution in [-0.4, -0.2) is 87.4 Å². The second kappa shape index (κ2) is 11.2. The van der Waals surface area contributed by atoms with E-state index in [0.717, 1.165) is 45.1 Å². The van der Waals surface area contributed by atoms with Gasteiger partial charge in [0, 0.05) is 60.4 Å². The maximum absolute atomic E-state index is 17.0. The van der Waals surface area contributed by atoms with Crippen LogP contribution in [0.5, 0.6) is 11.8 Å². The molecule has 5 heterocycles. The molecule has 49 heavy (non-hydrogen) atoms. The number of rotatable bonds is 6. The highest BCUT2D eigenvalue weighted by molar-refractivity contribution is 6.04. The van der Waals surface area contributed by atoms with Crippen molar-refractivity contribution in [3.63, 3.8) is 0 Å². The number of piperazine rings is 1. The third-order valence-corrected chi connectivity index (χ3v) is 11.4. The van der Waals surface area contributed by atoms with E-state index in [9.17, 15) is 18.7 Å². The first-order valence-corrected chi connectivity index (χ1v) is 17.2. The average Bonchev–Trinajstić information content (AvgIpc) is 3.73. The van der Waals surface area contributed by atoms with E-state index in [1.807, 2.05) is 0 Å². The first kappa shape index (κ1) is 30.5. The fraction of sp³-hybridized carbons (Fsp3) is 0.447. The molecule has 2 bridgehead atoms. The quantitative estimate of drug-likeness (QED) is 0.254. The molecular formula is C38H36F3N5O3. The number of aromatic nitrogens is 2. The summed E-state index contributed by atoms with van der Waals surface area (Å²) >= 11 is 0. The molecule has 11 heteroatoms. The van der Waals surface area contributed by atoms with Gasteiger partial charge in [-0.2, -0.15) is 9.97 Å². The highest BCUT2D eigenvalue weighted by Gasteiger charge is 2.50. The molecule has 0 radical (unpaired) electrons. The highest BCUT2D eigenvalue weighted by atomic mass is 19.1. The van der Waals surface area contributed by atoms with Gasteiger partial charge < -0.3 is 19.6 Å². The fourth-order valence-electron chi connectivity index (χ4n) is 9.04. The second-order valence-corrected chi connectivity index (χ2v) is 14.5. The van der Waals surface area contributed by atoms with Crippen LogP contribution >= 0.6 is 0 Å². The lowest BCUT2D eigenvalue weighted by molar-refractivity contribution is -0.135. The van der Waals surface area contributed by atoms with E-state index in [-0.39, 0.29) is 64.5 Å². The minimum atomic E-state index is -0.933. The van der Waals surface area contributed by atoms with E-state index in [1.165, 1.54) is 24.3 Å². The minimum absolute atomic E-state index is 0.00653. The van der Waals surface area contributed by atoms with Gasteiger partial charge >= 0.3 is 6.01 Å². The van der Waals surface area contributed by atoms with Gasteiger partial charge in [0.25, 0.3) is 0 Å². The highest BCUT2D eigenvalue weighted by Crippen LogP contribution is 2.44. The van der Waals surface area contributed by atoms with Crippen LogP contribution in [0.3, 0.4) is 0 Å². The van der Waals surface area contributed by atoms with Crippen molar-refractivity contribution in [2.75, 3.05) is 37.7 Å². The van der Waals surface area contributed by atoms with Crippen LogP contribution in [-0.2, 0) is 4.79 Å². The molecule has 3 aromatic carbocycles. The molecule has 1 amide bonds. The smallest absolute Gasteiger partial charge is 0.319 e. The number of fused-ring (bicyclic) bond motifs is 5. The topological polar surface area (TPSA) is 82.0 Å². The van der Waals surface area contributed by atoms with E-state index in [4.69, 9.17) is 16.1 Å².